The van der Waals surface area contributed by atoms with Crippen molar-refractivity contribution in [3.05, 3.63) is 10.6 Å². The maximum atomic E-state index is 11.4. The summed E-state index contributed by atoms with van der Waals surface area (Å²) in [5.41, 5.74) is 0. The zero-order valence-corrected chi connectivity index (χ0v) is 12.2. The zero-order chi connectivity index (χ0) is 13.4. The molecular weight excluding hydrogens is 288 g/mol. The van der Waals surface area contributed by atoms with Crippen molar-refractivity contribution in [1.82, 2.24) is 0 Å². The summed E-state index contributed by atoms with van der Waals surface area (Å²) in [4.78, 5) is 22.6. The monoisotopic (exact) mass is 306 g/mol. The summed E-state index contributed by atoms with van der Waals surface area (Å²) in [5.74, 6) is -0.585. The first-order valence-electron chi connectivity index (χ1n) is 5.54. The molecule has 0 bridgehead atoms. The van der Waals surface area contributed by atoms with Crippen molar-refractivity contribution < 1.29 is 19.1 Å². The molecule has 0 N–H and O–H groups in total. The van der Waals surface area contributed by atoms with Gasteiger partial charge in [-0.05, 0) is 27.8 Å². The van der Waals surface area contributed by atoms with E-state index in [1.54, 1.807) is 0 Å². The van der Waals surface area contributed by atoms with E-state index >= 15 is 0 Å². The quantitative estimate of drug-likeness (QED) is 0.559. The van der Waals surface area contributed by atoms with Gasteiger partial charge in [0, 0.05) is 6.08 Å². The van der Waals surface area contributed by atoms with Crippen molar-refractivity contribution >= 4 is 27.9 Å². The highest BCUT2D eigenvalue weighted by Crippen LogP contribution is 2.09. The number of halogens is 1. The summed E-state index contributed by atoms with van der Waals surface area (Å²) in [5, 5.41) is 0. The Morgan fingerprint density at radius 1 is 1.06 bits per heavy atom. The average molecular weight is 307 g/mol. The molecule has 0 fully saturated rings. The van der Waals surface area contributed by atoms with Crippen LogP contribution in [0.4, 0.5) is 0 Å². The summed E-state index contributed by atoms with van der Waals surface area (Å²) in [7, 11) is 0. The van der Waals surface area contributed by atoms with Crippen LogP contribution in [0.5, 0.6) is 0 Å². The molecule has 0 radical (unpaired) electrons. The third-order valence-corrected chi connectivity index (χ3v) is 2.10. The molecule has 17 heavy (non-hydrogen) atoms. The van der Waals surface area contributed by atoms with E-state index in [0.29, 0.717) is 13.2 Å². The third-order valence-electron chi connectivity index (χ3n) is 1.55. The fraction of sp³-hybridized carbons (Fsp3) is 0.667. The van der Waals surface area contributed by atoms with E-state index in [1.165, 1.54) is 0 Å². The van der Waals surface area contributed by atoms with Crippen molar-refractivity contribution in [3.8, 4) is 0 Å². The lowest BCUT2D eigenvalue weighted by Gasteiger charge is -2.07. The highest BCUT2D eigenvalue weighted by atomic mass is 79.9. The summed E-state index contributed by atoms with van der Waals surface area (Å²) < 4.78 is 9.90. The topological polar surface area (TPSA) is 52.6 Å². The van der Waals surface area contributed by atoms with Gasteiger partial charge < -0.3 is 9.47 Å². The first kappa shape index (κ1) is 16.2. The minimum absolute atomic E-state index is 0.0758. The lowest BCUT2D eigenvalue weighted by atomic mass is 10.2. The lowest BCUT2D eigenvalue weighted by Crippen LogP contribution is -2.12. The molecule has 0 saturated heterocycles. The summed E-state index contributed by atoms with van der Waals surface area (Å²) in [6.45, 7) is 8.38. The number of rotatable bonds is 6. The van der Waals surface area contributed by atoms with E-state index in [2.05, 4.69) is 15.9 Å². The molecule has 0 aromatic carbocycles. The predicted molar refractivity (Wildman–Crippen MR) is 68.6 cm³/mol. The largest absolute Gasteiger partial charge is 0.462 e. The Kier molecular flexibility index (Phi) is 7.87. The Balaban J connectivity index is 4.14. The van der Waals surface area contributed by atoms with Crippen LogP contribution in [0, 0.1) is 11.8 Å². The van der Waals surface area contributed by atoms with Gasteiger partial charge in [0.1, 0.15) is 4.48 Å². The molecule has 0 aliphatic rings. The van der Waals surface area contributed by atoms with Crippen LogP contribution in [-0.4, -0.2) is 25.2 Å². The van der Waals surface area contributed by atoms with Gasteiger partial charge in [-0.1, -0.05) is 27.7 Å². The summed E-state index contributed by atoms with van der Waals surface area (Å²) >= 11 is 2.99. The van der Waals surface area contributed by atoms with E-state index in [-0.39, 0.29) is 16.3 Å². The first-order valence-corrected chi connectivity index (χ1v) is 6.33. The van der Waals surface area contributed by atoms with Crippen molar-refractivity contribution in [1.29, 1.82) is 0 Å². The molecule has 0 aromatic rings. The predicted octanol–water partition coefficient (Wildman–Crippen LogP) is 2.66. The van der Waals surface area contributed by atoms with E-state index in [9.17, 15) is 9.59 Å². The molecule has 5 heteroatoms. The van der Waals surface area contributed by atoms with Gasteiger partial charge in [-0.3, -0.25) is 0 Å². The fourth-order valence-corrected chi connectivity index (χ4v) is 1.07. The fourth-order valence-electron chi connectivity index (χ4n) is 0.764. The highest BCUT2D eigenvalue weighted by molar-refractivity contribution is 9.12. The van der Waals surface area contributed by atoms with Crippen molar-refractivity contribution in [2.24, 2.45) is 11.8 Å². The SMILES string of the molecule is CC(C)COC(=O)/C=C(/Br)C(=O)OCC(C)C. The van der Waals surface area contributed by atoms with E-state index in [4.69, 9.17) is 9.47 Å². The smallest absolute Gasteiger partial charge is 0.345 e. The van der Waals surface area contributed by atoms with Crippen LogP contribution in [0.15, 0.2) is 10.6 Å². The summed E-state index contributed by atoms with van der Waals surface area (Å²) in [6.07, 6.45) is 1.09. The van der Waals surface area contributed by atoms with Crippen LogP contribution in [0.1, 0.15) is 27.7 Å². The van der Waals surface area contributed by atoms with Gasteiger partial charge in [0.2, 0.25) is 0 Å². The zero-order valence-electron chi connectivity index (χ0n) is 10.7. The lowest BCUT2D eigenvalue weighted by molar-refractivity contribution is -0.141. The second-order valence-electron chi connectivity index (χ2n) is 4.51. The Morgan fingerprint density at radius 3 is 2.00 bits per heavy atom. The maximum Gasteiger partial charge on any atom is 0.345 e. The van der Waals surface area contributed by atoms with Crippen molar-refractivity contribution in [2.45, 2.75) is 27.7 Å². The third kappa shape index (κ3) is 8.92. The Labute approximate surface area is 110 Å². The standard InChI is InChI=1S/C12H19BrO4/c1-8(2)6-16-11(14)5-10(13)12(15)17-7-9(3)4/h5,8-9H,6-7H2,1-4H3/b10-5+. The van der Waals surface area contributed by atoms with Crippen LogP contribution in [0.2, 0.25) is 0 Å². The van der Waals surface area contributed by atoms with Crippen LogP contribution in [0.3, 0.4) is 0 Å². The minimum atomic E-state index is -0.555. The first-order chi connectivity index (χ1) is 7.82. The van der Waals surface area contributed by atoms with Gasteiger partial charge in [-0.25, -0.2) is 9.59 Å². The molecule has 0 aliphatic carbocycles. The van der Waals surface area contributed by atoms with E-state index in [1.807, 2.05) is 27.7 Å². The van der Waals surface area contributed by atoms with Gasteiger partial charge in [0.05, 0.1) is 13.2 Å². The second-order valence-corrected chi connectivity index (χ2v) is 5.36. The number of carbonyl (C=O) groups is 2. The molecule has 0 unspecified atom stereocenters. The minimum Gasteiger partial charge on any atom is -0.462 e. The van der Waals surface area contributed by atoms with Crippen molar-refractivity contribution in [2.75, 3.05) is 13.2 Å². The molecule has 4 nitrogen and oxygen atoms in total. The van der Waals surface area contributed by atoms with Gasteiger partial charge in [0.15, 0.2) is 0 Å². The number of hydrogen-bond acceptors (Lipinski definition) is 4. The van der Waals surface area contributed by atoms with Crippen LogP contribution in [-0.2, 0) is 19.1 Å². The molecule has 0 amide bonds. The normalized spacial score (nSPS) is 11.8. The van der Waals surface area contributed by atoms with Gasteiger partial charge in [-0.15, -0.1) is 0 Å². The molecular formula is C12H19BrO4. The Bertz CT molecular complexity index is 295. The van der Waals surface area contributed by atoms with Gasteiger partial charge in [-0.2, -0.15) is 0 Å². The molecule has 0 heterocycles. The van der Waals surface area contributed by atoms with Gasteiger partial charge in [0.25, 0.3) is 0 Å². The molecule has 98 valence electrons. The Morgan fingerprint density at radius 2 is 1.53 bits per heavy atom. The van der Waals surface area contributed by atoms with Crippen LogP contribution in [0.25, 0.3) is 0 Å². The van der Waals surface area contributed by atoms with Crippen LogP contribution >= 0.6 is 15.9 Å². The Hall–Kier alpha value is -0.840. The van der Waals surface area contributed by atoms with E-state index in [0.717, 1.165) is 6.08 Å². The van der Waals surface area contributed by atoms with Crippen molar-refractivity contribution in [3.63, 3.8) is 0 Å². The number of carbonyl (C=O) groups excluding carboxylic acids is 2. The summed E-state index contributed by atoms with van der Waals surface area (Å²) in [6, 6.07) is 0. The molecule has 0 atom stereocenters. The molecule has 0 spiro atoms. The molecule has 0 rings (SSSR count). The van der Waals surface area contributed by atoms with Gasteiger partial charge >= 0.3 is 11.9 Å². The number of hydrogen-bond donors (Lipinski definition) is 0. The molecule has 0 aromatic heterocycles. The molecule has 0 aliphatic heterocycles. The maximum absolute atomic E-state index is 11.4. The van der Waals surface area contributed by atoms with Crippen LogP contribution < -0.4 is 0 Å². The number of ether oxygens (including phenoxy) is 2. The highest BCUT2D eigenvalue weighted by Gasteiger charge is 2.11. The van der Waals surface area contributed by atoms with E-state index < -0.39 is 11.9 Å². The number of esters is 2. The molecule has 0 saturated carbocycles. The average Bonchev–Trinajstić information content (AvgIpc) is 2.22. The second kappa shape index (κ2) is 8.28.